The summed E-state index contributed by atoms with van der Waals surface area (Å²) in [6.07, 6.45) is 5.94. The molecule has 5 heteroatoms. The van der Waals surface area contributed by atoms with Crippen molar-refractivity contribution in [3.63, 3.8) is 0 Å². The number of nitrogens with two attached hydrogens (primary N) is 2. The minimum Gasteiger partial charge on any atom is -0.396 e. The highest BCUT2D eigenvalue weighted by atomic mass is 16.1. The van der Waals surface area contributed by atoms with E-state index in [4.69, 9.17) is 11.5 Å². The fourth-order valence-electron chi connectivity index (χ4n) is 2.55. The smallest absolute Gasteiger partial charge is 0.267 e. The molecule has 0 spiro atoms. The maximum Gasteiger partial charge on any atom is 0.267 e. The Balaban J connectivity index is 2.09. The van der Waals surface area contributed by atoms with E-state index in [9.17, 15) is 4.79 Å². The molecule has 1 fully saturated rings. The molecule has 1 aromatic rings. The van der Waals surface area contributed by atoms with Gasteiger partial charge in [-0.3, -0.25) is 4.79 Å². The van der Waals surface area contributed by atoms with Crippen LogP contribution in [-0.2, 0) is 0 Å². The molecule has 1 aromatic heterocycles. The molecule has 5 nitrogen and oxygen atoms in total. The molecule has 1 amide bonds. The number of nitrogens with one attached hydrogen (secondary N) is 1. The second kappa shape index (κ2) is 5.91. The van der Waals surface area contributed by atoms with Crippen LogP contribution >= 0.6 is 0 Å². The Hall–Kier alpha value is -1.78. The lowest BCUT2D eigenvalue weighted by Gasteiger charge is -2.18. The van der Waals surface area contributed by atoms with Gasteiger partial charge in [0.15, 0.2) is 0 Å². The molecule has 19 heavy (non-hydrogen) atoms. The molecular weight excluding hydrogens is 240 g/mol. The summed E-state index contributed by atoms with van der Waals surface area (Å²) in [6.45, 7) is 2.29. The summed E-state index contributed by atoms with van der Waals surface area (Å²) in [7, 11) is 0. The number of carbonyl (C=O) groups is 1. The Morgan fingerprint density at radius 3 is 2.84 bits per heavy atom. The Labute approximate surface area is 113 Å². The van der Waals surface area contributed by atoms with Gasteiger partial charge < -0.3 is 16.8 Å². The molecule has 104 valence electrons. The number of pyridine rings is 1. The van der Waals surface area contributed by atoms with Crippen LogP contribution < -0.4 is 16.8 Å². The number of nitrogens with zero attached hydrogens (tertiary/aromatic N) is 1. The molecule has 2 rings (SSSR count). The molecule has 1 aliphatic rings. The van der Waals surface area contributed by atoms with Gasteiger partial charge in [0.25, 0.3) is 5.91 Å². The summed E-state index contributed by atoms with van der Waals surface area (Å²) >= 11 is 0. The van der Waals surface area contributed by atoms with Crippen molar-refractivity contribution in [2.24, 2.45) is 11.7 Å². The van der Waals surface area contributed by atoms with E-state index >= 15 is 0 Å². The fourth-order valence-corrected chi connectivity index (χ4v) is 2.55. The first kappa shape index (κ1) is 13.6. The normalized spacial score (nSPS) is 23.6. The van der Waals surface area contributed by atoms with Crippen molar-refractivity contribution in [1.29, 1.82) is 0 Å². The van der Waals surface area contributed by atoms with E-state index in [1.165, 1.54) is 19.3 Å². The van der Waals surface area contributed by atoms with E-state index in [-0.39, 0.29) is 5.69 Å². The van der Waals surface area contributed by atoms with Crippen LogP contribution in [0.5, 0.6) is 0 Å². The van der Waals surface area contributed by atoms with Crippen molar-refractivity contribution in [3.05, 3.63) is 17.8 Å². The SMILES string of the molecule is CC1CCCC(Nc2nc(C(N)=O)ccc2N)CC1. The highest BCUT2D eigenvalue weighted by Crippen LogP contribution is 2.26. The number of hydrogen-bond donors (Lipinski definition) is 3. The quantitative estimate of drug-likeness (QED) is 0.727. The minimum atomic E-state index is -0.530. The first-order valence-corrected chi connectivity index (χ1v) is 6.89. The molecule has 2 atom stereocenters. The zero-order chi connectivity index (χ0) is 13.8. The van der Waals surface area contributed by atoms with Crippen molar-refractivity contribution in [2.75, 3.05) is 11.1 Å². The van der Waals surface area contributed by atoms with Gasteiger partial charge in [-0.15, -0.1) is 0 Å². The van der Waals surface area contributed by atoms with Crippen LogP contribution in [-0.4, -0.2) is 16.9 Å². The Kier molecular flexibility index (Phi) is 4.24. The number of primary amides is 1. The molecule has 1 aliphatic carbocycles. The second-order valence-electron chi connectivity index (χ2n) is 5.45. The van der Waals surface area contributed by atoms with Gasteiger partial charge in [-0.05, 0) is 37.3 Å². The van der Waals surface area contributed by atoms with Gasteiger partial charge in [-0.25, -0.2) is 4.98 Å². The third kappa shape index (κ3) is 3.59. The number of hydrogen-bond acceptors (Lipinski definition) is 4. The summed E-state index contributed by atoms with van der Waals surface area (Å²) in [6, 6.07) is 3.61. The Bertz CT molecular complexity index is 461. The Morgan fingerprint density at radius 1 is 1.32 bits per heavy atom. The molecule has 5 N–H and O–H groups in total. The average Bonchev–Trinajstić information content (AvgIpc) is 2.57. The number of nitrogen functional groups attached to an aromatic ring is 1. The van der Waals surface area contributed by atoms with Crippen LogP contribution in [0.1, 0.15) is 49.5 Å². The molecule has 2 unspecified atom stereocenters. The maximum absolute atomic E-state index is 11.1. The van der Waals surface area contributed by atoms with Crippen LogP contribution in [0.25, 0.3) is 0 Å². The van der Waals surface area contributed by atoms with E-state index in [0.29, 0.717) is 17.5 Å². The average molecular weight is 262 g/mol. The predicted octanol–water partition coefficient (Wildman–Crippen LogP) is 2.14. The monoisotopic (exact) mass is 262 g/mol. The lowest BCUT2D eigenvalue weighted by Crippen LogP contribution is -2.22. The zero-order valence-electron chi connectivity index (χ0n) is 11.4. The van der Waals surface area contributed by atoms with Crippen molar-refractivity contribution >= 4 is 17.4 Å². The number of carbonyl (C=O) groups excluding carboxylic acids is 1. The van der Waals surface area contributed by atoms with Crippen LogP contribution in [0.15, 0.2) is 12.1 Å². The highest BCUT2D eigenvalue weighted by molar-refractivity contribution is 5.91. The van der Waals surface area contributed by atoms with Gasteiger partial charge in [0, 0.05) is 6.04 Å². The molecular formula is C14H22N4O. The van der Waals surface area contributed by atoms with Gasteiger partial charge in [0.05, 0.1) is 5.69 Å². The summed E-state index contributed by atoms with van der Waals surface area (Å²) in [5.41, 5.74) is 11.9. The van der Waals surface area contributed by atoms with E-state index in [1.807, 2.05) is 0 Å². The van der Waals surface area contributed by atoms with Gasteiger partial charge in [0.1, 0.15) is 11.5 Å². The van der Waals surface area contributed by atoms with Crippen LogP contribution in [0.3, 0.4) is 0 Å². The number of aromatic nitrogens is 1. The predicted molar refractivity (Wildman–Crippen MR) is 76.8 cm³/mol. The van der Waals surface area contributed by atoms with Crippen LogP contribution in [0, 0.1) is 5.92 Å². The fraction of sp³-hybridized carbons (Fsp3) is 0.571. The lowest BCUT2D eigenvalue weighted by atomic mass is 10.0. The first-order chi connectivity index (χ1) is 9.06. The van der Waals surface area contributed by atoms with Gasteiger partial charge in [0.2, 0.25) is 0 Å². The minimum absolute atomic E-state index is 0.249. The van der Waals surface area contributed by atoms with Crippen molar-refractivity contribution in [1.82, 2.24) is 4.98 Å². The van der Waals surface area contributed by atoms with E-state index in [2.05, 4.69) is 17.2 Å². The Morgan fingerprint density at radius 2 is 2.11 bits per heavy atom. The third-order valence-corrected chi connectivity index (χ3v) is 3.78. The second-order valence-corrected chi connectivity index (χ2v) is 5.45. The summed E-state index contributed by atoms with van der Waals surface area (Å²) in [4.78, 5) is 15.4. The molecule has 1 saturated carbocycles. The number of amides is 1. The molecule has 0 bridgehead atoms. The maximum atomic E-state index is 11.1. The van der Waals surface area contributed by atoms with Crippen LogP contribution in [0.2, 0.25) is 0 Å². The van der Waals surface area contributed by atoms with E-state index in [0.717, 1.165) is 18.8 Å². The number of rotatable bonds is 3. The van der Waals surface area contributed by atoms with E-state index in [1.54, 1.807) is 12.1 Å². The van der Waals surface area contributed by atoms with Gasteiger partial charge in [-0.1, -0.05) is 19.8 Å². The molecule has 0 aliphatic heterocycles. The largest absolute Gasteiger partial charge is 0.396 e. The summed E-state index contributed by atoms with van der Waals surface area (Å²) < 4.78 is 0. The molecule has 1 heterocycles. The molecule has 0 aromatic carbocycles. The van der Waals surface area contributed by atoms with Crippen molar-refractivity contribution in [3.8, 4) is 0 Å². The highest BCUT2D eigenvalue weighted by Gasteiger charge is 2.17. The lowest BCUT2D eigenvalue weighted by molar-refractivity contribution is 0.0995. The standard InChI is InChI=1S/C14H22N4O/c1-9-3-2-4-10(6-5-9)17-14-11(15)7-8-12(18-14)13(16)19/h7-10H,2-6,15H2,1H3,(H2,16,19)(H,17,18). The molecule has 0 saturated heterocycles. The van der Waals surface area contributed by atoms with Crippen molar-refractivity contribution in [2.45, 2.75) is 45.1 Å². The van der Waals surface area contributed by atoms with E-state index < -0.39 is 5.91 Å². The summed E-state index contributed by atoms with van der Waals surface area (Å²) in [5, 5.41) is 3.36. The molecule has 0 radical (unpaired) electrons. The van der Waals surface area contributed by atoms with Crippen molar-refractivity contribution < 1.29 is 4.79 Å². The topological polar surface area (TPSA) is 94.0 Å². The first-order valence-electron chi connectivity index (χ1n) is 6.89. The number of anilines is 2. The third-order valence-electron chi connectivity index (χ3n) is 3.78. The van der Waals surface area contributed by atoms with Gasteiger partial charge in [-0.2, -0.15) is 0 Å². The zero-order valence-corrected chi connectivity index (χ0v) is 11.4. The van der Waals surface area contributed by atoms with Crippen LogP contribution in [0.4, 0.5) is 11.5 Å². The van der Waals surface area contributed by atoms with Gasteiger partial charge >= 0.3 is 0 Å². The summed E-state index contributed by atoms with van der Waals surface area (Å²) in [5.74, 6) is 0.836.